The van der Waals surface area contributed by atoms with E-state index in [1.165, 1.54) is 10.9 Å². The first-order chi connectivity index (χ1) is 11.6. The number of nitrogens with one attached hydrogen (secondary N) is 1. The van der Waals surface area contributed by atoms with Gasteiger partial charge in [0.1, 0.15) is 17.0 Å². The first-order valence-electron chi connectivity index (χ1n) is 7.00. The smallest absolute Gasteiger partial charge is 0.296 e. The molecule has 0 unspecified atom stereocenters. The Hall–Kier alpha value is -3.55. The first-order valence-corrected chi connectivity index (χ1v) is 7.00. The van der Waals surface area contributed by atoms with Gasteiger partial charge in [0, 0.05) is 11.6 Å². The third-order valence-corrected chi connectivity index (χ3v) is 3.77. The molecule has 0 saturated heterocycles. The molecule has 0 amide bonds. The standard InChI is InChI=1S/C16H9FN4O3/c17-9-6-11-14-12(8-18-15(11)13(7-9)21(23)24)16(22)20(19-14)10-4-2-1-3-5-10/h1-8,18H. The van der Waals surface area contributed by atoms with Crippen molar-refractivity contribution in [3.8, 4) is 16.9 Å². The van der Waals surface area contributed by atoms with E-state index in [-0.39, 0.29) is 27.7 Å². The van der Waals surface area contributed by atoms with Crippen LogP contribution < -0.4 is 5.56 Å². The Bertz CT molecular complexity index is 1120. The third kappa shape index (κ3) is 1.97. The number of benzene rings is 2. The summed E-state index contributed by atoms with van der Waals surface area (Å²) in [5, 5.41) is 15.6. The minimum Gasteiger partial charge on any atom is -0.355 e. The highest BCUT2D eigenvalue weighted by Gasteiger charge is 2.23. The zero-order chi connectivity index (χ0) is 16.8. The number of H-pyrrole nitrogens is 1. The molecule has 0 bridgehead atoms. The molecule has 0 fully saturated rings. The summed E-state index contributed by atoms with van der Waals surface area (Å²) in [6, 6.07) is 10.7. The quantitative estimate of drug-likeness (QED) is 0.453. The number of para-hydroxylation sites is 1. The maximum Gasteiger partial charge on any atom is 0.296 e. The van der Waals surface area contributed by atoms with E-state index in [9.17, 15) is 19.3 Å². The average Bonchev–Trinajstić information content (AvgIpc) is 2.92. The highest BCUT2D eigenvalue weighted by Crippen LogP contribution is 2.32. The summed E-state index contributed by atoms with van der Waals surface area (Å²) >= 11 is 0. The highest BCUT2D eigenvalue weighted by molar-refractivity contribution is 5.98. The van der Waals surface area contributed by atoms with Gasteiger partial charge < -0.3 is 4.98 Å². The molecular formula is C16H9FN4O3. The number of nitro groups is 1. The van der Waals surface area contributed by atoms with Crippen LogP contribution in [0.15, 0.2) is 53.5 Å². The predicted molar refractivity (Wildman–Crippen MR) is 84.9 cm³/mol. The van der Waals surface area contributed by atoms with Gasteiger partial charge >= 0.3 is 0 Å². The van der Waals surface area contributed by atoms with Crippen molar-refractivity contribution in [2.24, 2.45) is 0 Å². The summed E-state index contributed by atoms with van der Waals surface area (Å²) in [5.41, 5.74) is 0.311. The van der Waals surface area contributed by atoms with Crippen molar-refractivity contribution in [2.75, 3.05) is 0 Å². The number of hydrogen-bond donors (Lipinski definition) is 1. The minimum absolute atomic E-state index is 0.117. The van der Waals surface area contributed by atoms with Crippen LogP contribution in [0.5, 0.6) is 0 Å². The number of aromatic nitrogens is 3. The number of halogens is 1. The predicted octanol–water partition coefficient (Wildman–Crippen LogP) is 2.87. The fourth-order valence-electron chi connectivity index (χ4n) is 2.71. The lowest BCUT2D eigenvalue weighted by Crippen LogP contribution is -2.14. The summed E-state index contributed by atoms with van der Waals surface area (Å²) in [5.74, 6) is -0.767. The van der Waals surface area contributed by atoms with Gasteiger partial charge in [-0.25, -0.2) is 4.39 Å². The van der Waals surface area contributed by atoms with Crippen LogP contribution in [0.25, 0.3) is 27.8 Å². The van der Waals surface area contributed by atoms with E-state index in [2.05, 4.69) is 10.1 Å². The van der Waals surface area contributed by atoms with Gasteiger partial charge in [-0.1, -0.05) is 18.2 Å². The van der Waals surface area contributed by atoms with Gasteiger partial charge in [0.2, 0.25) is 0 Å². The van der Waals surface area contributed by atoms with Crippen LogP contribution in [0.4, 0.5) is 10.1 Å². The molecule has 1 N–H and O–H groups in total. The van der Waals surface area contributed by atoms with Gasteiger partial charge in [-0.15, -0.1) is 0 Å². The Morgan fingerprint density at radius 1 is 1.21 bits per heavy atom. The van der Waals surface area contributed by atoms with Crippen molar-refractivity contribution in [1.29, 1.82) is 0 Å². The van der Waals surface area contributed by atoms with Crippen LogP contribution in [0.3, 0.4) is 0 Å². The fourth-order valence-corrected chi connectivity index (χ4v) is 2.71. The zero-order valence-corrected chi connectivity index (χ0v) is 12.1. The average molecular weight is 324 g/mol. The second-order valence-electron chi connectivity index (χ2n) is 5.21. The molecule has 2 aromatic rings. The van der Waals surface area contributed by atoms with Crippen molar-refractivity contribution < 1.29 is 9.31 Å². The van der Waals surface area contributed by atoms with E-state index in [4.69, 9.17) is 0 Å². The molecule has 2 aliphatic rings. The third-order valence-electron chi connectivity index (χ3n) is 3.77. The second-order valence-corrected chi connectivity index (χ2v) is 5.21. The molecule has 0 aromatic heterocycles. The molecule has 2 aromatic carbocycles. The van der Waals surface area contributed by atoms with Crippen molar-refractivity contribution in [1.82, 2.24) is 14.8 Å². The molecule has 2 heterocycles. The summed E-state index contributed by atoms with van der Waals surface area (Å²) in [6.07, 6.45) is 1.36. The second kappa shape index (κ2) is 4.98. The number of fused-ring (bicyclic) bond motifs is 3. The van der Waals surface area contributed by atoms with Gasteiger partial charge in [0.25, 0.3) is 11.2 Å². The lowest BCUT2D eigenvalue weighted by molar-refractivity contribution is -0.383. The summed E-state index contributed by atoms with van der Waals surface area (Å²) in [7, 11) is 0. The Morgan fingerprint density at radius 2 is 1.96 bits per heavy atom. The molecule has 0 atom stereocenters. The van der Waals surface area contributed by atoms with Gasteiger partial charge in [-0.2, -0.15) is 9.78 Å². The van der Waals surface area contributed by atoms with Crippen molar-refractivity contribution in [2.45, 2.75) is 0 Å². The number of rotatable bonds is 2. The van der Waals surface area contributed by atoms with Gasteiger partial charge in [0.05, 0.1) is 22.2 Å². The molecule has 8 heteroatoms. The Morgan fingerprint density at radius 3 is 2.67 bits per heavy atom. The normalized spacial score (nSPS) is 11.2. The lowest BCUT2D eigenvalue weighted by atomic mass is 10.1. The monoisotopic (exact) mass is 324 g/mol. The maximum absolute atomic E-state index is 13.8. The number of non-ortho nitro benzene ring substituents is 1. The first kappa shape index (κ1) is 14.1. The number of aromatic amines is 1. The van der Waals surface area contributed by atoms with E-state index >= 15 is 0 Å². The molecule has 118 valence electrons. The van der Waals surface area contributed by atoms with Gasteiger partial charge in [-0.05, 0) is 18.2 Å². The zero-order valence-electron chi connectivity index (χ0n) is 12.1. The summed E-state index contributed by atoms with van der Waals surface area (Å²) in [6.45, 7) is 0. The van der Waals surface area contributed by atoms with E-state index in [1.807, 2.05) is 0 Å². The molecule has 0 radical (unpaired) electrons. The number of pyridine rings is 1. The minimum atomic E-state index is -0.767. The molecule has 2 aliphatic heterocycles. The SMILES string of the molecule is O=c1c2c[nH]c3c([N+](=O)[O-])cc(F)cc3c-2nn1-c1ccccc1. The fraction of sp³-hybridized carbons (Fsp3) is 0. The van der Waals surface area contributed by atoms with Crippen molar-refractivity contribution in [3.05, 3.63) is 74.9 Å². The molecule has 0 saturated carbocycles. The van der Waals surface area contributed by atoms with Crippen molar-refractivity contribution >= 4 is 16.6 Å². The van der Waals surface area contributed by atoms with Crippen LogP contribution in [0.2, 0.25) is 0 Å². The number of hydrogen-bond acceptors (Lipinski definition) is 4. The van der Waals surface area contributed by atoms with Crippen molar-refractivity contribution in [3.63, 3.8) is 0 Å². The molecule has 4 rings (SSSR count). The summed E-state index contributed by atoms with van der Waals surface area (Å²) < 4.78 is 15.0. The van der Waals surface area contributed by atoms with Gasteiger partial charge in [0.15, 0.2) is 0 Å². The molecule has 0 aliphatic carbocycles. The molecule has 7 nitrogen and oxygen atoms in total. The molecule has 0 spiro atoms. The van der Waals surface area contributed by atoms with Crippen LogP contribution in [-0.2, 0) is 0 Å². The van der Waals surface area contributed by atoms with E-state index < -0.39 is 16.4 Å². The van der Waals surface area contributed by atoms with E-state index in [0.717, 1.165) is 12.1 Å². The number of nitro benzene ring substituents is 1. The Balaban J connectivity index is 2.11. The Labute approximate surface area is 133 Å². The maximum atomic E-state index is 13.8. The summed E-state index contributed by atoms with van der Waals surface area (Å²) in [4.78, 5) is 25.7. The number of nitrogens with zero attached hydrogens (tertiary/aromatic N) is 3. The Kier molecular flexibility index (Phi) is 2.92. The molecule has 24 heavy (non-hydrogen) atoms. The van der Waals surface area contributed by atoms with Crippen LogP contribution in [0.1, 0.15) is 0 Å². The van der Waals surface area contributed by atoms with E-state index in [0.29, 0.717) is 5.69 Å². The van der Waals surface area contributed by atoms with Gasteiger partial charge in [-0.3, -0.25) is 14.9 Å². The lowest BCUT2D eigenvalue weighted by Gasteiger charge is -2.03. The molecular weight excluding hydrogens is 315 g/mol. The van der Waals surface area contributed by atoms with Crippen LogP contribution in [0, 0.1) is 15.9 Å². The van der Waals surface area contributed by atoms with E-state index in [1.54, 1.807) is 30.3 Å². The highest BCUT2D eigenvalue weighted by atomic mass is 19.1. The van der Waals surface area contributed by atoms with Crippen LogP contribution >= 0.6 is 0 Å². The van der Waals surface area contributed by atoms with Crippen LogP contribution in [-0.4, -0.2) is 19.7 Å². The largest absolute Gasteiger partial charge is 0.355 e. The topological polar surface area (TPSA) is 93.8 Å².